The molecule has 0 aliphatic heterocycles. The highest BCUT2D eigenvalue weighted by Crippen LogP contribution is 2.62. The number of nitrogens with zero attached hydrogens (tertiary/aromatic N) is 3. The summed E-state index contributed by atoms with van der Waals surface area (Å²) < 4.78 is 0. The van der Waals surface area contributed by atoms with E-state index in [1.807, 2.05) is 18.2 Å². The van der Waals surface area contributed by atoms with Crippen molar-refractivity contribution in [1.82, 2.24) is 0 Å². The van der Waals surface area contributed by atoms with Crippen molar-refractivity contribution in [1.29, 1.82) is 10.5 Å². The van der Waals surface area contributed by atoms with Crippen LogP contribution < -0.4 is 4.90 Å². The fraction of sp³-hybridized carbons (Fsp3) is 0.0968. The lowest BCUT2D eigenvalue weighted by Gasteiger charge is -2.29. The molecule has 3 aliphatic rings. The summed E-state index contributed by atoms with van der Waals surface area (Å²) in [6.07, 6.45) is 9.52. The van der Waals surface area contributed by atoms with Gasteiger partial charge in [0.1, 0.15) is 17.7 Å². The predicted octanol–water partition coefficient (Wildman–Crippen LogP) is 16.9. The average Bonchev–Trinajstić information content (AvgIpc) is 3.83. The van der Waals surface area contributed by atoms with Gasteiger partial charge in [-0.1, -0.05) is 128 Å². The summed E-state index contributed by atoms with van der Waals surface area (Å²) in [5.41, 5.74) is 23.5. The summed E-state index contributed by atoms with van der Waals surface area (Å²) >= 11 is 0. The van der Waals surface area contributed by atoms with Crippen LogP contribution in [0, 0.1) is 49.4 Å². The monoisotopic (exact) mass is 829 g/mol. The van der Waals surface area contributed by atoms with E-state index in [4.69, 9.17) is 0 Å². The maximum Gasteiger partial charge on any atom is 0.130 e. The molecule has 0 N–H and O–H groups in total. The van der Waals surface area contributed by atoms with Gasteiger partial charge in [0.05, 0.1) is 0 Å². The number of fused-ring (bicyclic) bond motifs is 8. The molecule has 12 rings (SSSR count). The van der Waals surface area contributed by atoms with Gasteiger partial charge in [0.25, 0.3) is 0 Å². The van der Waals surface area contributed by atoms with Crippen molar-refractivity contribution >= 4 is 61.0 Å². The Morgan fingerprint density at radius 1 is 0.538 bits per heavy atom. The van der Waals surface area contributed by atoms with Crippen molar-refractivity contribution in [2.24, 2.45) is 5.92 Å². The second kappa shape index (κ2) is 14.7. The second-order valence-electron chi connectivity index (χ2n) is 18.0. The summed E-state index contributed by atoms with van der Waals surface area (Å²) in [7, 11) is 0. The fourth-order valence-electron chi connectivity index (χ4n) is 11.2. The van der Waals surface area contributed by atoms with Gasteiger partial charge in [0, 0.05) is 17.1 Å². The predicted molar refractivity (Wildman–Crippen MR) is 272 cm³/mol. The number of nitriles is 2. The summed E-state index contributed by atoms with van der Waals surface area (Å²) in [5.74, 6) is 0.312. The summed E-state index contributed by atoms with van der Waals surface area (Å²) in [6, 6.07) is 57.9. The van der Waals surface area contributed by atoms with Crippen LogP contribution in [0.25, 0.3) is 99.6 Å². The number of hydrogen-bond donors (Lipinski definition) is 0. The van der Waals surface area contributed by atoms with Gasteiger partial charge >= 0.3 is 0 Å². The fourth-order valence-corrected chi connectivity index (χ4v) is 11.2. The van der Waals surface area contributed by atoms with Gasteiger partial charge in [-0.25, -0.2) is 0 Å². The van der Waals surface area contributed by atoms with Crippen LogP contribution in [0.1, 0.15) is 41.2 Å². The zero-order valence-corrected chi connectivity index (χ0v) is 36.8. The Morgan fingerprint density at radius 3 is 1.80 bits per heavy atom. The molecule has 0 saturated carbocycles. The summed E-state index contributed by atoms with van der Waals surface area (Å²) in [5, 5.41) is 26.5. The zero-order valence-electron chi connectivity index (χ0n) is 36.8. The molecule has 0 amide bonds. The van der Waals surface area contributed by atoms with Crippen molar-refractivity contribution in [2.45, 2.75) is 34.1 Å². The lowest BCUT2D eigenvalue weighted by molar-refractivity contribution is 0.760. The molecule has 0 bridgehead atoms. The number of anilines is 3. The second-order valence-corrected chi connectivity index (χ2v) is 18.0. The molecule has 3 heteroatoms. The SMILES string of the molecule is Cc1ccccc1-c1c2c(c(C3=CC=CCC3C)c3cc4cc(C=C(C#N)C#N)ccc4cc13)-c1ccc3c4c(ccc-2c14)-c1cc(N(c2ccccc2C)c2ccccc2C)ccc1-3. The Kier molecular flexibility index (Phi) is 8.67. The third-order valence-corrected chi connectivity index (χ3v) is 14.2. The molecule has 306 valence electrons. The minimum Gasteiger partial charge on any atom is -0.310 e. The highest BCUT2D eigenvalue weighted by Gasteiger charge is 2.36. The maximum absolute atomic E-state index is 9.61. The third kappa shape index (κ3) is 5.73. The third-order valence-electron chi connectivity index (χ3n) is 14.2. The van der Waals surface area contributed by atoms with Crippen molar-refractivity contribution < 1.29 is 0 Å². The van der Waals surface area contributed by atoms with E-state index in [2.05, 4.69) is 190 Å². The Morgan fingerprint density at radius 2 is 1.12 bits per heavy atom. The van der Waals surface area contributed by atoms with Crippen LogP contribution in [-0.4, -0.2) is 0 Å². The van der Waals surface area contributed by atoms with Crippen LogP contribution >= 0.6 is 0 Å². The minimum absolute atomic E-state index is 0.0914. The Hall–Kier alpha value is -8.24. The van der Waals surface area contributed by atoms with Crippen LogP contribution in [0.2, 0.25) is 0 Å². The maximum atomic E-state index is 9.61. The lowest BCUT2D eigenvalue weighted by Crippen LogP contribution is -2.12. The molecule has 3 aliphatic carbocycles. The largest absolute Gasteiger partial charge is 0.310 e. The van der Waals surface area contributed by atoms with E-state index in [1.165, 1.54) is 116 Å². The van der Waals surface area contributed by atoms with Gasteiger partial charge < -0.3 is 4.90 Å². The number of para-hydroxylation sites is 2. The van der Waals surface area contributed by atoms with Gasteiger partial charge in [0.15, 0.2) is 0 Å². The molecular formula is C62H43N3. The normalized spacial score (nSPS) is 13.9. The standard InChI is InChI=1S/C62H43N3/c1-36-13-5-9-17-45(36)57-53-31-42-22-21-40(29-41(34-63)35-64)30-43(42)32-54(53)58(46-18-10-6-14-37(46)2)62-50-27-25-48-47-24-23-44(33-52(47)49-26-28-51(61(57)62)60(50)59(48)49)65(55-19-11-7-15-38(55)3)56-20-12-8-16-39(56)4/h5-13,15-33,37H,14H2,1-4H3. The van der Waals surface area contributed by atoms with E-state index in [9.17, 15) is 10.5 Å². The molecule has 0 heterocycles. The molecule has 9 aromatic rings. The van der Waals surface area contributed by atoms with Crippen molar-refractivity contribution in [2.75, 3.05) is 4.90 Å². The van der Waals surface area contributed by atoms with E-state index in [0.717, 1.165) is 28.4 Å². The Balaban J connectivity index is 1.16. The molecule has 0 radical (unpaired) electrons. The highest BCUT2D eigenvalue weighted by molar-refractivity contribution is 6.32. The molecule has 0 spiro atoms. The van der Waals surface area contributed by atoms with Crippen LogP contribution in [0.15, 0.2) is 169 Å². The lowest BCUT2D eigenvalue weighted by atomic mass is 9.77. The first-order valence-corrected chi connectivity index (χ1v) is 22.5. The summed E-state index contributed by atoms with van der Waals surface area (Å²) in [4.78, 5) is 2.42. The molecule has 65 heavy (non-hydrogen) atoms. The Labute approximate surface area is 379 Å². The molecule has 3 nitrogen and oxygen atoms in total. The topological polar surface area (TPSA) is 50.8 Å². The van der Waals surface area contributed by atoms with Crippen molar-refractivity contribution in [3.8, 4) is 67.8 Å². The van der Waals surface area contributed by atoms with Crippen LogP contribution in [0.5, 0.6) is 0 Å². The van der Waals surface area contributed by atoms with E-state index in [0.29, 0.717) is 5.92 Å². The Bertz CT molecular complexity index is 3710. The molecule has 1 atom stereocenters. The van der Waals surface area contributed by atoms with Crippen molar-refractivity contribution in [3.05, 3.63) is 197 Å². The molecule has 9 aromatic carbocycles. The van der Waals surface area contributed by atoms with Gasteiger partial charge in [-0.3, -0.25) is 0 Å². The number of aryl methyl sites for hydroxylation is 3. The van der Waals surface area contributed by atoms with E-state index in [1.54, 1.807) is 6.08 Å². The van der Waals surface area contributed by atoms with Crippen LogP contribution in [0.3, 0.4) is 0 Å². The molecule has 0 aromatic heterocycles. The minimum atomic E-state index is 0.0914. The number of benzene rings is 9. The first-order chi connectivity index (χ1) is 31.8. The zero-order chi connectivity index (χ0) is 44.1. The number of rotatable bonds is 6. The quantitative estimate of drug-likeness (QED) is 0.124. The molecular weight excluding hydrogens is 787 g/mol. The first kappa shape index (κ1) is 38.4. The summed E-state index contributed by atoms with van der Waals surface area (Å²) in [6.45, 7) is 8.99. The van der Waals surface area contributed by atoms with Gasteiger partial charge in [-0.15, -0.1) is 0 Å². The van der Waals surface area contributed by atoms with Crippen LogP contribution in [0.4, 0.5) is 17.1 Å². The van der Waals surface area contributed by atoms with Crippen LogP contribution in [-0.2, 0) is 0 Å². The average molecular weight is 830 g/mol. The van der Waals surface area contributed by atoms with Crippen molar-refractivity contribution in [3.63, 3.8) is 0 Å². The van der Waals surface area contributed by atoms with E-state index < -0.39 is 0 Å². The first-order valence-electron chi connectivity index (χ1n) is 22.5. The van der Waals surface area contributed by atoms with E-state index in [-0.39, 0.29) is 5.57 Å². The number of hydrogen-bond acceptors (Lipinski definition) is 3. The number of allylic oxidation sites excluding steroid dienone is 5. The smallest absolute Gasteiger partial charge is 0.130 e. The van der Waals surface area contributed by atoms with Gasteiger partial charge in [0.2, 0.25) is 0 Å². The van der Waals surface area contributed by atoms with E-state index >= 15 is 0 Å². The highest BCUT2D eigenvalue weighted by atomic mass is 15.1. The van der Waals surface area contributed by atoms with Gasteiger partial charge in [-0.05, 0) is 203 Å². The van der Waals surface area contributed by atoms with Gasteiger partial charge in [-0.2, -0.15) is 10.5 Å². The molecule has 0 fully saturated rings. The molecule has 1 unspecified atom stereocenters. The molecule has 0 saturated heterocycles.